The van der Waals surface area contributed by atoms with Crippen molar-refractivity contribution in [3.05, 3.63) is 54.1 Å². The summed E-state index contributed by atoms with van der Waals surface area (Å²) >= 11 is 0. The van der Waals surface area contributed by atoms with Gasteiger partial charge in [-0.1, -0.05) is 13.8 Å². The van der Waals surface area contributed by atoms with E-state index in [-0.39, 0.29) is 5.91 Å². The molecule has 2 aromatic rings. The Bertz CT molecular complexity index is 769. The molecular formula is C23H31N3O2. The molecule has 5 nitrogen and oxygen atoms in total. The van der Waals surface area contributed by atoms with Gasteiger partial charge in [-0.2, -0.15) is 0 Å². The lowest BCUT2D eigenvalue weighted by Gasteiger charge is -2.22. The van der Waals surface area contributed by atoms with Crippen molar-refractivity contribution in [1.82, 2.24) is 4.90 Å². The Labute approximate surface area is 168 Å². The Kier molecular flexibility index (Phi) is 6.57. The van der Waals surface area contributed by atoms with E-state index < -0.39 is 0 Å². The summed E-state index contributed by atoms with van der Waals surface area (Å²) in [5.74, 6) is 1.15. The van der Waals surface area contributed by atoms with Crippen LogP contribution in [0.25, 0.3) is 0 Å². The predicted octanol–water partition coefficient (Wildman–Crippen LogP) is 4.11. The second kappa shape index (κ2) is 9.11. The first-order valence-electron chi connectivity index (χ1n) is 9.98. The van der Waals surface area contributed by atoms with Gasteiger partial charge >= 0.3 is 0 Å². The van der Waals surface area contributed by atoms with E-state index in [0.29, 0.717) is 24.1 Å². The van der Waals surface area contributed by atoms with Crippen molar-refractivity contribution in [3.63, 3.8) is 0 Å². The van der Waals surface area contributed by atoms with E-state index in [1.807, 2.05) is 24.3 Å². The van der Waals surface area contributed by atoms with Gasteiger partial charge in [0.15, 0.2) is 0 Å². The maximum atomic E-state index is 12.5. The van der Waals surface area contributed by atoms with Crippen molar-refractivity contribution in [1.29, 1.82) is 0 Å². The minimum Gasteiger partial charge on any atom is -0.493 e. The molecule has 0 bridgehead atoms. The SMILES string of the molecule is CC(C)COc1ccc(C(=O)Nc2ccc(N3CCC(N(C)C)C3)cc2)cc1. The quantitative estimate of drug-likeness (QED) is 0.784. The molecule has 1 N–H and O–H groups in total. The number of nitrogens with zero attached hydrogens (tertiary/aromatic N) is 2. The molecule has 0 aliphatic carbocycles. The van der Waals surface area contributed by atoms with E-state index in [4.69, 9.17) is 4.74 Å². The number of hydrogen-bond donors (Lipinski definition) is 1. The first-order chi connectivity index (χ1) is 13.4. The Morgan fingerprint density at radius 2 is 1.82 bits per heavy atom. The molecular weight excluding hydrogens is 350 g/mol. The number of amides is 1. The van der Waals surface area contributed by atoms with E-state index in [1.165, 1.54) is 12.1 Å². The van der Waals surface area contributed by atoms with E-state index >= 15 is 0 Å². The fourth-order valence-electron chi connectivity index (χ4n) is 3.32. The molecule has 1 atom stereocenters. The van der Waals surface area contributed by atoms with Crippen LogP contribution >= 0.6 is 0 Å². The molecule has 28 heavy (non-hydrogen) atoms. The maximum absolute atomic E-state index is 12.5. The van der Waals surface area contributed by atoms with Crippen LogP contribution in [-0.4, -0.2) is 50.6 Å². The standard InChI is InChI=1S/C23H31N3O2/c1-17(2)16-28-22-11-5-18(6-12-22)23(27)24-19-7-9-20(10-8-19)26-14-13-21(15-26)25(3)4/h5-12,17,21H,13-16H2,1-4H3,(H,24,27). The molecule has 1 aliphatic rings. The number of hydrogen-bond acceptors (Lipinski definition) is 4. The minimum atomic E-state index is -0.114. The van der Waals surface area contributed by atoms with Crippen molar-refractivity contribution in [2.75, 3.05) is 44.0 Å². The van der Waals surface area contributed by atoms with E-state index in [0.717, 1.165) is 24.5 Å². The lowest BCUT2D eigenvalue weighted by atomic mass is 10.2. The summed E-state index contributed by atoms with van der Waals surface area (Å²) in [6, 6.07) is 16.0. The molecule has 0 saturated carbocycles. The summed E-state index contributed by atoms with van der Waals surface area (Å²) in [6.45, 7) is 7.00. The molecule has 1 heterocycles. The smallest absolute Gasteiger partial charge is 0.255 e. The third-order valence-corrected chi connectivity index (χ3v) is 5.08. The van der Waals surface area contributed by atoms with Crippen LogP contribution in [0.3, 0.4) is 0 Å². The van der Waals surface area contributed by atoms with Crippen molar-refractivity contribution in [3.8, 4) is 5.75 Å². The number of nitrogens with one attached hydrogen (secondary N) is 1. The molecule has 1 fully saturated rings. The molecule has 2 aromatic carbocycles. The topological polar surface area (TPSA) is 44.8 Å². The highest BCUT2D eigenvalue weighted by atomic mass is 16.5. The zero-order chi connectivity index (χ0) is 20.1. The Morgan fingerprint density at radius 3 is 2.39 bits per heavy atom. The van der Waals surface area contributed by atoms with Crippen LogP contribution in [0.4, 0.5) is 11.4 Å². The van der Waals surface area contributed by atoms with Crippen LogP contribution in [0, 0.1) is 5.92 Å². The van der Waals surface area contributed by atoms with Gasteiger partial charge in [0.05, 0.1) is 6.61 Å². The number of ether oxygens (including phenoxy) is 1. The van der Waals surface area contributed by atoms with Crippen LogP contribution in [0.15, 0.2) is 48.5 Å². The zero-order valence-electron chi connectivity index (χ0n) is 17.3. The summed E-state index contributed by atoms with van der Waals surface area (Å²) in [6.07, 6.45) is 1.18. The van der Waals surface area contributed by atoms with Gasteiger partial charge in [0.2, 0.25) is 0 Å². The summed E-state index contributed by atoms with van der Waals surface area (Å²) < 4.78 is 5.67. The molecule has 3 rings (SSSR count). The Morgan fingerprint density at radius 1 is 1.14 bits per heavy atom. The van der Waals surface area contributed by atoms with Crippen LogP contribution in [-0.2, 0) is 0 Å². The number of benzene rings is 2. The van der Waals surface area contributed by atoms with Crippen molar-refractivity contribution >= 4 is 17.3 Å². The highest BCUT2D eigenvalue weighted by Gasteiger charge is 2.23. The van der Waals surface area contributed by atoms with Gasteiger partial charge in [0, 0.05) is 36.1 Å². The molecule has 1 aliphatic heterocycles. The summed E-state index contributed by atoms with van der Waals surface area (Å²) in [7, 11) is 4.27. The summed E-state index contributed by atoms with van der Waals surface area (Å²) in [5, 5.41) is 2.97. The monoisotopic (exact) mass is 381 g/mol. The highest BCUT2D eigenvalue weighted by molar-refractivity contribution is 6.04. The molecule has 1 unspecified atom stereocenters. The van der Waals surface area contributed by atoms with Gasteiger partial charge in [-0.25, -0.2) is 0 Å². The molecule has 0 aromatic heterocycles. The number of carbonyl (C=O) groups is 1. The summed E-state index contributed by atoms with van der Waals surface area (Å²) in [4.78, 5) is 17.2. The zero-order valence-corrected chi connectivity index (χ0v) is 17.3. The number of carbonyl (C=O) groups excluding carboxylic acids is 1. The lowest BCUT2D eigenvalue weighted by Crippen LogP contribution is -2.31. The maximum Gasteiger partial charge on any atom is 0.255 e. The Hall–Kier alpha value is -2.53. The molecule has 150 valence electrons. The molecule has 0 spiro atoms. The second-order valence-electron chi connectivity index (χ2n) is 8.08. The van der Waals surface area contributed by atoms with Crippen molar-refractivity contribution in [2.24, 2.45) is 5.92 Å². The van der Waals surface area contributed by atoms with Crippen molar-refractivity contribution in [2.45, 2.75) is 26.3 Å². The normalized spacial score (nSPS) is 16.6. The first kappa shape index (κ1) is 20.2. The van der Waals surface area contributed by atoms with E-state index in [1.54, 1.807) is 12.1 Å². The van der Waals surface area contributed by atoms with Gasteiger partial charge in [0.25, 0.3) is 5.91 Å². The molecule has 5 heteroatoms. The van der Waals surface area contributed by atoms with Crippen LogP contribution in [0.2, 0.25) is 0 Å². The average molecular weight is 382 g/mol. The predicted molar refractivity (Wildman–Crippen MR) is 115 cm³/mol. The number of anilines is 2. The third-order valence-electron chi connectivity index (χ3n) is 5.08. The molecule has 1 saturated heterocycles. The number of rotatable bonds is 7. The van der Waals surface area contributed by atoms with Crippen molar-refractivity contribution < 1.29 is 9.53 Å². The van der Waals surface area contributed by atoms with E-state index in [2.05, 4.69) is 55.2 Å². The summed E-state index contributed by atoms with van der Waals surface area (Å²) in [5.41, 5.74) is 2.63. The fourth-order valence-corrected chi connectivity index (χ4v) is 3.32. The lowest BCUT2D eigenvalue weighted by molar-refractivity contribution is 0.102. The van der Waals surface area contributed by atoms with Gasteiger partial charge < -0.3 is 19.9 Å². The van der Waals surface area contributed by atoms with Crippen LogP contribution in [0.1, 0.15) is 30.6 Å². The first-order valence-corrected chi connectivity index (χ1v) is 9.98. The fraction of sp³-hybridized carbons (Fsp3) is 0.435. The highest BCUT2D eigenvalue weighted by Crippen LogP contribution is 2.24. The number of likely N-dealkylation sites (N-methyl/N-ethyl adjacent to an activating group) is 1. The third kappa shape index (κ3) is 5.26. The molecule has 0 radical (unpaired) electrons. The van der Waals surface area contributed by atoms with E-state index in [9.17, 15) is 4.79 Å². The van der Waals surface area contributed by atoms with Gasteiger partial charge in [-0.3, -0.25) is 4.79 Å². The van der Waals surface area contributed by atoms with Gasteiger partial charge in [0.1, 0.15) is 5.75 Å². The minimum absolute atomic E-state index is 0.114. The second-order valence-corrected chi connectivity index (χ2v) is 8.08. The molecule has 1 amide bonds. The Balaban J connectivity index is 1.56. The largest absolute Gasteiger partial charge is 0.493 e. The van der Waals surface area contributed by atoms with Crippen LogP contribution in [0.5, 0.6) is 5.75 Å². The average Bonchev–Trinajstić information content (AvgIpc) is 3.18. The van der Waals surface area contributed by atoms with Gasteiger partial charge in [-0.15, -0.1) is 0 Å². The van der Waals surface area contributed by atoms with Gasteiger partial charge in [-0.05, 0) is 75.0 Å². The van der Waals surface area contributed by atoms with Crippen LogP contribution < -0.4 is 15.0 Å².